The van der Waals surface area contributed by atoms with Crippen LogP contribution in [0.15, 0.2) is 48.8 Å². The van der Waals surface area contributed by atoms with Gasteiger partial charge in [-0.1, -0.05) is 18.2 Å². The minimum Gasteiger partial charge on any atom is -0.344 e. The van der Waals surface area contributed by atoms with Gasteiger partial charge in [0.05, 0.1) is 0 Å². The van der Waals surface area contributed by atoms with Crippen LogP contribution in [0.3, 0.4) is 0 Å². The van der Waals surface area contributed by atoms with Crippen LogP contribution in [0.25, 0.3) is 10.9 Å². The molecule has 0 fully saturated rings. The van der Waals surface area contributed by atoms with Gasteiger partial charge in [0.15, 0.2) is 0 Å². The maximum Gasteiger partial charge on any atom is 0.0486 e. The highest BCUT2D eigenvalue weighted by Crippen LogP contribution is 2.30. The second-order valence-electron chi connectivity index (χ2n) is 6.19. The van der Waals surface area contributed by atoms with Crippen molar-refractivity contribution in [1.29, 1.82) is 0 Å². The van der Waals surface area contributed by atoms with Crippen LogP contribution in [-0.4, -0.2) is 28.0 Å². The Morgan fingerprint density at radius 1 is 1.04 bits per heavy atom. The number of para-hydroxylation sites is 1. The summed E-state index contributed by atoms with van der Waals surface area (Å²) in [6.07, 6.45) is 5.97. The van der Waals surface area contributed by atoms with Gasteiger partial charge >= 0.3 is 0 Å². The third kappa shape index (κ3) is 3.44. The van der Waals surface area contributed by atoms with Gasteiger partial charge in [-0.3, -0.25) is 4.98 Å². The Balaban J connectivity index is 0.00000104. The van der Waals surface area contributed by atoms with E-state index in [9.17, 15) is 0 Å². The van der Waals surface area contributed by atoms with E-state index in [0.717, 1.165) is 32.5 Å². The molecule has 3 aromatic rings. The first kappa shape index (κ1) is 18.8. The SMILES string of the molecule is CN1CCc2c(c3ccccc3n2CCc2ccncc2)C1.Cl.Cl. The number of likely N-dealkylation sites (N-methyl/N-ethyl adjacent to an activating group) is 1. The topological polar surface area (TPSA) is 21.1 Å². The molecule has 0 N–H and O–H groups in total. The molecule has 0 atom stereocenters. The van der Waals surface area contributed by atoms with Crippen LogP contribution in [0, 0.1) is 0 Å². The fourth-order valence-corrected chi connectivity index (χ4v) is 3.58. The molecule has 0 amide bonds. The van der Waals surface area contributed by atoms with Crippen LogP contribution in [-0.2, 0) is 25.9 Å². The van der Waals surface area contributed by atoms with Crippen LogP contribution in [0.2, 0.25) is 0 Å². The van der Waals surface area contributed by atoms with Crippen molar-refractivity contribution in [1.82, 2.24) is 14.5 Å². The highest BCUT2D eigenvalue weighted by Gasteiger charge is 2.21. The third-order valence-corrected chi connectivity index (χ3v) is 4.73. The van der Waals surface area contributed by atoms with Gasteiger partial charge in [0, 0.05) is 55.0 Å². The monoisotopic (exact) mass is 363 g/mol. The van der Waals surface area contributed by atoms with Crippen molar-refractivity contribution in [3.05, 3.63) is 65.6 Å². The van der Waals surface area contributed by atoms with Crippen molar-refractivity contribution < 1.29 is 0 Å². The van der Waals surface area contributed by atoms with E-state index in [1.807, 2.05) is 12.4 Å². The van der Waals surface area contributed by atoms with Gasteiger partial charge in [0.2, 0.25) is 0 Å². The van der Waals surface area contributed by atoms with E-state index in [1.54, 1.807) is 0 Å². The minimum atomic E-state index is 0. The normalized spacial score (nSPS) is 13.9. The highest BCUT2D eigenvalue weighted by atomic mass is 35.5. The molecule has 0 aliphatic carbocycles. The number of pyridine rings is 1. The summed E-state index contributed by atoms with van der Waals surface area (Å²) in [5.74, 6) is 0. The summed E-state index contributed by atoms with van der Waals surface area (Å²) < 4.78 is 2.54. The van der Waals surface area contributed by atoms with Gasteiger partial charge in [-0.2, -0.15) is 0 Å². The Hall–Kier alpha value is -1.55. The smallest absolute Gasteiger partial charge is 0.0486 e. The molecule has 0 bridgehead atoms. The van der Waals surface area contributed by atoms with Gasteiger partial charge < -0.3 is 9.47 Å². The summed E-state index contributed by atoms with van der Waals surface area (Å²) in [5, 5.41) is 1.43. The first-order chi connectivity index (χ1) is 10.8. The molecule has 3 heterocycles. The Labute approximate surface area is 155 Å². The van der Waals surface area contributed by atoms with E-state index < -0.39 is 0 Å². The second-order valence-corrected chi connectivity index (χ2v) is 6.19. The van der Waals surface area contributed by atoms with Crippen LogP contribution in [0.4, 0.5) is 0 Å². The zero-order chi connectivity index (χ0) is 14.9. The first-order valence-corrected chi connectivity index (χ1v) is 7.99. The molecule has 0 unspecified atom stereocenters. The van der Waals surface area contributed by atoms with Crippen molar-refractivity contribution in [2.24, 2.45) is 0 Å². The van der Waals surface area contributed by atoms with Crippen LogP contribution in [0.1, 0.15) is 16.8 Å². The minimum absolute atomic E-state index is 0. The average Bonchev–Trinajstić information content (AvgIpc) is 2.87. The molecular weight excluding hydrogens is 341 g/mol. The number of halogens is 2. The second kappa shape index (κ2) is 8.02. The highest BCUT2D eigenvalue weighted by molar-refractivity contribution is 5.86. The van der Waals surface area contributed by atoms with Crippen molar-refractivity contribution in [3.63, 3.8) is 0 Å². The number of aromatic nitrogens is 2. The fourth-order valence-electron chi connectivity index (χ4n) is 3.58. The summed E-state index contributed by atoms with van der Waals surface area (Å²) in [6, 6.07) is 13.1. The van der Waals surface area contributed by atoms with Crippen LogP contribution >= 0.6 is 24.8 Å². The van der Waals surface area contributed by atoms with E-state index in [2.05, 4.69) is 57.9 Å². The standard InChI is InChI=1S/C19H21N3.2ClH/c1-21-12-9-19-17(14-21)16-4-2-3-5-18(16)22(19)13-8-15-6-10-20-11-7-15;;/h2-7,10-11H,8-9,12-14H2,1H3;2*1H. The van der Waals surface area contributed by atoms with E-state index in [1.165, 1.54) is 27.7 Å². The number of benzene rings is 1. The lowest BCUT2D eigenvalue weighted by molar-refractivity contribution is 0.309. The molecule has 0 radical (unpaired) electrons. The molecule has 5 heteroatoms. The quantitative estimate of drug-likeness (QED) is 0.697. The summed E-state index contributed by atoms with van der Waals surface area (Å²) in [5.41, 5.74) is 5.80. The molecule has 4 rings (SSSR count). The molecule has 0 saturated heterocycles. The number of rotatable bonds is 3. The fraction of sp³-hybridized carbons (Fsp3) is 0.316. The van der Waals surface area contributed by atoms with Gasteiger partial charge in [-0.25, -0.2) is 0 Å². The van der Waals surface area contributed by atoms with Crippen molar-refractivity contribution in [3.8, 4) is 0 Å². The largest absolute Gasteiger partial charge is 0.344 e. The molecule has 0 saturated carbocycles. The van der Waals surface area contributed by atoms with Gasteiger partial charge in [0.25, 0.3) is 0 Å². The number of hydrogen-bond acceptors (Lipinski definition) is 2. The van der Waals surface area contributed by atoms with E-state index in [-0.39, 0.29) is 24.8 Å². The van der Waals surface area contributed by atoms with E-state index in [4.69, 9.17) is 0 Å². The summed E-state index contributed by atoms with van der Waals surface area (Å²) in [4.78, 5) is 6.53. The Kier molecular flexibility index (Phi) is 6.27. The summed E-state index contributed by atoms with van der Waals surface area (Å²) in [6.45, 7) is 3.26. The maximum atomic E-state index is 4.11. The van der Waals surface area contributed by atoms with Crippen molar-refractivity contribution in [2.45, 2.75) is 25.9 Å². The first-order valence-electron chi connectivity index (χ1n) is 7.99. The zero-order valence-electron chi connectivity index (χ0n) is 13.8. The molecule has 1 aromatic carbocycles. The molecular formula is C19H23Cl2N3. The Morgan fingerprint density at radius 2 is 1.79 bits per heavy atom. The van der Waals surface area contributed by atoms with Crippen molar-refractivity contribution >= 4 is 35.7 Å². The molecule has 1 aliphatic rings. The zero-order valence-corrected chi connectivity index (χ0v) is 15.4. The third-order valence-electron chi connectivity index (χ3n) is 4.73. The molecule has 2 aromatic heterocycles. The molecule has 128 valence electrons. The summed E-state index contributed by atoms with van der Waals surface area (Å²) in [7, 11) is 2.21. The predicted octanol–water partition coefficient (Wildman–Crippen LogP) is 4.11. The predicted molar refractivity (Wildman–Crippen MR) is 104 cm³/mol. The van der Waals surface area contributed by atoms with E-state index in [0.29, 0.717) is 0 Å². The van der Waals surface area contributed by atoms with Gasteiger partial charge in [0.1, 0.15) is 0 Å². The Morgan fingerprint density at radius 3 is 2.58 bits per heavy atom. The summed E-state index contributed by atoms with van der Waals surface area (Å²) >= 11 is 0. The lowest BCUT2D eigenvalue weighted by Crippen LogP contribution is -2.27. The molecule has 0 spiro atoms. The molecule has 24 heavy (non-hydrogen) atoms. The number of nitrogens with zero attached hydrogens (tertiary/aromatic N) is 3. The van der Waals surface area contributed by atoms with Crippen LogP contribution < -0.4 is 0 Å². The molecule has 1 aliphatic heterocycles. The number of fused-ring (bicyclic) bond motifs is 3. The van der Waals surface area contributed by atoms with Crippen molar-refractivity contribution in [2.75, 3.05) is 13.6 Å². The Bertz CT molecular complexity index is 799. The lowest BCUT2D eigenvalue weighted by atomic mass is 10.1. The van der Waals surface area contributed by atoms with E-state index >= 15 is 0 Å². The average molecular weight is 364 g/mol. The molecule has 3 nitrogen and oxygen atoms in total. The number of aryl methyl sites for hydroxylation is 2. The van der Waals surface area contributed by atoms with Crippen LogP contribution in [0.5, 0.6) is 0 Å². The lowest BCUT2D eigenvalue weighted by Gasteiger charge is -2.24. The van der Waals surface area contributed by atoms with Gasteiger partial charge in [-0.05, 0) is 42.8 Å². The maximum absolute atomic E-state index is 4.11. The van der Waals surface area contributed by atoms with Gasteiger partial charge in [-0.15, -0.1) is 24.8 Å². The number of hydrogen-bond donors (Lipinski definition) is 0.